The molecule has 5 heteroatoms. The van der Waals surface area contributed by atoms with Gasteiger partial charge in [-0.25, -0.2) is 0 Å². The van der Waals surface area contributed by atoms with Crippen LogP contribution in [0.3, 0.4) is 0 Å². The fraction of sp³-hybridized carbons (Fsp3) is 0.846. The number of likely N-dealkylation sites (tertiary alicyclic amines) is 1. The third-order valence-electron chi connectivity index (χ3n) is 4.14. The van der Waals surface area contributed by atoms with Crippen molar-refractivity contribution in [1.82, 2.24) is 4.90 Å². The largest absolute Gasteiger partial charge is 0.481 e. The van der Waals surface area contributed by atoms with Gasteiger partial charge in [-0.05, 0) is 19.3 Å². The lowest BCUT2D eigenvalue weighted by Gasteiger charge is -2.38. The van der Waals surface area contributed by atoms with Gasteiger partial charge < -0.3 is 15.1 Å². The predicted octanol–water partition coefficient (Wildman–Crippen LogP) is 1.00. The number of aliphatic hydroxyl groups excluding tert-OH is 1. The number of carboxylic acids is 1. The molecule has 3 unspecified atom stereocenters. The number of hydrogen-bond donors (Lipinski definition) is 2. The van der Waals surface area contributed by atoms with Gasteiger partial charge in [-0.3, -0.25) is 9.59 Å². The van der Waals surface area contributed by atoms with Crippen molar-refractivity contribution in [1.29, 1.82) is 0 Å². The number of aliphatic carboxylic acids is 1. The summed E-state index contributed by atoms with van der Waals surface area (Å²) < 4.78 is 0. The lowest BCUT2D eigenvalue weighted by atomic mass is 9.93. The van der Waals surface area contributed by atoms with Gasteiger partial charge in [-0.1, -0.05) is 19.3 Å². The molecule has 18 heavy (non-hydrogen) atoms. The SMILES string of the molecule is O=C(O)C1CCC(=O)N(C2CCCCCC2O)C1. The summed E-state index contributed by atoms with van der Waals surface area (Å²) in [5, 5.41) is 19.2. The van der Waals surface area contributed by atoms with Crippen molar-refractivity contribution >= 4 is 11.9 Å². The maximum Gasteiger partial charge on any atom is 0.308 e. The first-order valence-corrected chi connectivity index (χ1v) is 6.80. The highest BCUT2D eigenvalue weighted by atomic mass is 16.4. The van der Waals surface area contributed by atoms with E-state index in [0.717, 1.165) is 25.7 Å². The normalized spacial score (nSPS) is 34.2. The molecule has 0 aromatic heterocycles. The van der Waals surface area contributed by atoms with E-state index in [0.29, 0.717) is 19.3 Å². The van der Waals surface area contributed by atoms with Crippen LogP contribution in [0, 0.1) is 5.92 Å². The van der Waals surface area contributed by atoms with Crippen LogP contribution >= 0.6 is 0 Å². The number of aliphatic hydroxyl groups is 1. The van der Waals surface area contributed by atoms with Crippen molar-refractivity contribution in [2.45, 2.75) is 57.1 Å². The summed E-state index contributed by atoms with van der Waals surface area (Å²) in [5.41, 5.74) is 0. The Labute approximate surface area is 107 Å². The third kappa shape index (κ3) is 2.83. The Morgan fingerprint density at radius 2 is 1.89 bits per heavy atom. The quantitative estimate of drug-likeness (QED) is 0.722. The number of rotatable bonds is 2. The predicted molar refractivity (Wildman–Crippen MR) is 65.0 cm³/mol. The molecule has 1 aliphatic carbocycles. The summed E-state index contributed by atoms with van der Waals surface area (Å²) in [6.07, 6.45) is 4.80. The zero-order chi connectivity index (χ0) is 13.1. The lowest BCUT2D eigenvalue weighted by molar-refractivity contribution is -0.150. The van der Waals surface area contributed by atoms with E-state index in [4.69, 9.17) is 5.11 Å². The first-order chi connectivity index (χ1) is 8.59. The first kappa shape index (κ1) is 13.3. The second-order valence-corrected chi connectivity index (χ2v) is 5.39. The van der Waals surface area contributed by atoms with E-state index in [-0.39, 0.29) is 18.5 Å². The maximum absolute atomic E-state index is 11.9. The van der Waals surface area contributed by atoms with E-state index in [2.05, 4.69) is 0 Å². The molecule has 2 aliphatic rings. The van der Waals surface area contributed by atoms with E-state index in [1.165, 1.54) is 0 Å². The average molecular weight is 255 g/mol. The second kappa shape index (κ2) is 5.69. The molecular formula is C13H21NO4. The van der Waals surface area contributed by atoms with Crippen LogP contribution in [-0.4, -0.2) is 45.7 Å². The molecule has 1 aliphatic heterocycles. The van der Waals surface area contributed by atoms with Gasteiger partial charge in [0.05, 0.1) is 18.1 Å². The number of carboxylic acid groups (broad SMARTS) is 1. The molecule has 1 saturated heterocycles. The standard InChI is InChI=1S/C13H21NO4/c15-11-5-3-1-2-4-10(11)14-8-9(13(17)18)6-7-12(14)16/h9-11,15H,1-8H2,(H,17,18). The summed E-state index contributed by atoms with van der Waals surface area (Å²) in [6.45, 7) is 0.260. The third-order valence-corrected chi connectivity index (χ3v) is 4.14. The Hall–Kier alpha value is -1.10. The molecule has 1 saturated carbocycles. The van der Waals surface area contributed by atoms with Gasteiger partial charge in [-0.2, -0.15) is 0 Å². The van der Waals surface area contributed by atoms with Crippen molar-refractivity contribution < 1.29 is 19.8 Å². The molecule has 1 heterocycles. The van der Waals surface area contributed by atoms with Gasteiger partial charge in [0, 0.05) is 13.0 Å². The van der Waals surface area contributed by atoms with E-state index >= 15 is 0 Å². The summed E-state index contributed by atoms with van der Waals surface area (Å²) >= 11 is 0. The summed E-state index contributed by atoms with van der Waals surface area (Å²) in [4.78, 5) is 24.6. The van der Waals surface area contributed by atoms with Gasteiger partial charge >= 0.3 is 5.97 Å². The van der Waals surface area contributed by atoms with Crippen LogP contribution in [0.5, 0.6) is 0 Å². The molecule has 0 spiro atoms. The van der Waals surface area contributed by atoms with E-state index in [1.54, 1.807) is 4.90 Å². The Morgan fingerprint density at radius 1 is 1.17 bits per heavy atom. The topological polar surface area (TPSA) is 77.8 Å². The molecule has 102 valence electrons. The molecule has 3 atom stereocenters. The van der Waals surface area contributed by atoms with Crippen molar-refractivity contribution in [2.24, 2.45) is 5.92 Å². The zero-order valence-electron chi connectivity index (χ0n) is 10.5. The monoisotopic (exact) mass is 255 g/mol. The van der Waals surface area contributed by atoms with Crippen LogP contribution in [0.15, 0.2) is 0 Å². The summed E-state index contributed by atoms with van der Waals surface area (Å²) in [5.74, 6) is -1.31. The van der Waals surface area contributed by atoms with Crippen LogP contribution < -0.4 is 0 Å². The second-order valence-electron chi connectivity index (χ2n) is 5.39. The Balaban J connectivity index is 2.08. The van der Waals surface area contributed by atoms with Gasteiger partial charge in [0.15, 0.2) is 0 Å². The van der Waals surface area contributed by atoms with Crippen LogP contribution in [0.4, 0.5) is 0 Å². The number of carbonyl (C=O) groups excluding carboxylic acids is 1. The van der Waals surface area contributed by atoms with Crippen molar-refractivity contribution in [3.8, 4) is 0 Å². The minimum absolute atomic E-state index is 0.00144. The Kier molecular flexibility index (Phi) is 4.22. The summed E-state index contributed by atoms with van der Waals surface area (Å²) in [7, 11) is 0. The highest BCUT2D eigenvalue weighted by molar-refractivity contribution is 5.80. The molecule has 0 aromatic rings. The number of carbonyl (C=O) groups is 2. The minimum Gasteiger partial charge on any atom is -0.481 e. The van der Waals surface area contributed by atoms with Gasteiger partial charge in [0.2, 0.25) is 5.91 Å². The fourth-order valence-electron chi connectivity index (χ4n) is 3.03. The smallest absolute Gasteiger partial charge is 0.308 e. The molecule has 0 aromatic carbocycles. The highest BCUT2D eigenvalue weighted by Gasteiger charge is 2.37. The molecule has 0 bridgehead atoms. The number of piperidine rings is 1. The number of hydrogen-bond acceptors (Lipinski definition) is 3. The van der Waals surface area contributed by atoms with Crippen molar-refractivity contribution in [3.63, 3.8) is 0 Å². The summed E-state index contributed by atoms with van der Waals surface area (Å²) in [6, 6.07) is -0.179. The van der Waals surface area contributed by atoms with E-state index < -0.39 is 18.0 Å². The zero-order valence-corrected chi connectivity index (χ0v) is 10.5. The van der Waals surface area contributed by atoms with Crippen LogP contribution in [0.1, 0.15) is 44.9 Å². The first-order valence-electron chi connectivity index (χ1n) is 6.80. The molecule has 2 fully saturated rings. The van der Waals surface area contributed by atoms with Gasteiger partial charge in [0.1, 0.15) is 0 Å². The van der Waals surface area contributed by atoms with E-state index in [1.807, 2.05) is 0 Å². The lowest BCUT2D eigenvalue weighted by Crippen LogP contribution is -2.52. The van der Waals surface area contributed by atoms with Gasteiger partial charge in [-0.15, -0.1) is 0 Å². The molecule has 2 N–H and O–H groups in total. The molecule has 0 radical (unpaired) electrons. The van der Waals surface area contributed by atoms with E-state index in [9.17, 15) is 14.7 Å². The fourth-order valence-corrected chi connectivity index (χ4v) is 3.03. The van der Waals surface area contributed by atoms with Crippen molar-refractivity contribution in [2.75, 3.05) is 6.54 Å². The molecule has 5 nitrogen and oxygen atoms in total. The highest BCUT2D eigenvalue weighted by Crippen LogP contribution is 2.27. The number of amides is 1. The van der Waals surface area contributed by atoms with Gasteiger partial charge in [0.25, 0.3) is 0 Å². The maximum atomic E-state index is 11.9. The van der Waals surface area contributed by atoms with Crippen LogP contribution in [0.2, 0.25) is 0 Å². The Bertz CT molecular complexity index is 331. The number of nitrogens with zero attached hydrogens (tertiary/aromatic N) is 1. The molecular weight excluding hydrogens is 234 g/mol. The Morgan fingerprint density at radius 3 is 2.61 bits per heavy atom. The molecule has 2 rings (SSSR count). The van der Waals surface area contributed by atoms with Crippen LogP contribution in [0.25, 0.3) is 0 Å². The van der Waals surface area contributed by atoms with Crippen LogP contribution in [-0.2, 0) is 9.59 Å². The van der Waals surface area contributed by atoms with Crippen molar-refractivity contribution in [3.05, 3.63) is 0 Å². The average Bonchev–Trinajstić information content (AvgIpc) is 2.54. The molecule has 1 amide bonds. The minimum atomic E-state index is -0.837.